The zero-order chi connectivity index (χ0) is 31.6. The molecule has 3 aliphatic rings. The van der Waals surface area contributed by atoms with Gasteiger partial charge in [0.1, 0.15) is 6.54 Å². The van der Waals surface area contributed by atoms with Crippen LogP contribution in [0.5, 0.6) is 0 Å². The first-order chi connectivity index (χ1) is 21.8. The van der Waals surface area contributed by atoms with Gasteiger partial charge in [0.2, 0.25) is 5.69 Å². The summed E-state index contributed by atoms with van der Waals surface area (Å²) in [5.41, 5.74) is 11.2. The molecule has 3 aromatic carbocycles. The van der Waals surface area contributed by atoms with Crippen molar-refractivity contribution < 1.29 is 4.58 Å². The van der Waals surface area contributed by atoms with Gasteiger partial charge >= 0.3 is 0 Å². The molecule has 0 N–H and O–H groups in total. The molecular formula is C42H49N2S+. The number of allylic oxidation sites excluding steroid dienone is 7. The molecule has 0 amide bonds. The van der Waals surface area contributed by atoms with Crippen molar-refractivity contribution in [1.82, 2.24) is 0 Å². The monoisotopic (exact) mass is 613 g/mol. The summed E-state index contributed by atoms with van der Waals surface area (Å²) in [6, 6.07) is 28.9. The van der Waals surface area contributed by atoms with E-state index in [1.807, 2.05) is 11.8 Å². The second kappa shape index (κ2) is 13.0. The van der Waals surface area contributed by atoms with E-state index in [1.165, 1.54) is 61.3 Å². The second-order valence-electron chi connectivity index (χ2n) is 13.7. The first kappa shape index (κ1) is 31.4. The van der Waals surface area contributed by atoms with E-state index in [-0.39, 0.29) is 10.8 Å². The van der Waals surface area contributed by atoms with Gasteiger partial charge in [0.25, 0.3) is 0 Å². The molecule has 0 aromatic heterocycles. The van der Waals surface area contributed by atoms with Crippen LogP contribution in [0.25, 0.3) is 0 Å². The van der Waals surface area contributed by atoms with Gasteiger partial charge < -0.3 is 4.90 Å². The third-order valence-electron chi connectivity index (χ3n) is 9.82. The van der Waals surface area contributed by atoms with Gasteiger partial charge in [0.15, 0.2) is 5.71 Å². The fourth-order valence-electron chi connectivity index (χ4n) is 7.53. The molecule has 0 saturated heterocycles. The van der Waals surface area contributed by atoms with Gasteiger partial charge in [-0.1, -0.05) is 106 Å². The number of hydrogen-bond acceptors (Lipinski definition) is 2. The zero-order valence-electron chi connectivity index (χ0n) is 28.1. The van der Waals surface area contributed by atoms with Gasteiger partial charge in [0, 0.05) is 57.3 Å². The fraction of sp³-hybridized carbons (Fsp3) is 0.357. The third-order valence-corrected chi connectivity index (χ3v) is 11.1. The quantitative estimate of drug-likeness (QED) is 0.222. The van der Waals surface area contributed by atoms with Crippen LogP contribution in [-0.2, 0) is 10.8 Å². The number of rotatable bonds is 9. The molecule has 232 valence electrons. The highest BCUT2D eigenvalue weighted by Gasteiger charge is 2.44. The van der Waals surface area contributed by atoms with Gasteiger partial charge in [-0.2, -0.15) is 4.58 Å². The number of fused-ring (bicyclic) bond motifs is 2. The van der Waals surface area contributed by atoms with Crippen LogP contribution in [0.4, 0.5) is 11.4 Å². The van der Waals surface area contributed by atoms with Crippen LogP contribution >= 0.6 is 11.8 Å². The van der Waals surface area contributed by atoms with Gasteiger partial charge in [-0.05, 0) is 80.5 Å². The first-order valence-corrected chi connectivity index (χ1v) is 17.8. The van der Waals surface area contributed by atoms with E-state index in [1.54, 1.807) is 0 Å². The Morgan fingerprint density at radius 2 is 1.47 bits per heavy atom. The lowest BCUT2D eigenvalue weighted by molar-refractivity contribution is -0.437. The Morgan fingerprint density at radius 1 is 0.756 bits per heavy atom. The molecule has 3 heteroatoms. The Morgan fingerprint density at radius 3 is 2.22 bits per heavy atom. The molecule has 0 unspecified atom stereocenters. The Labute approximate surface area is 276 Å². The van der Waals surface area contributed by atoms with Crippen molar-refractivity contribution >= 4 is 28.8 Å². The maximum atomic E-state index is 2.56. The summed E-state index contributed by atoms with van der Waals surface area (Å²) in [4.78, 5) is 5.28. The standard InChI is InChI=1S/C42H49N2S/c1-7-29-43-36-23-14-12-21-34(36)41(3,4)38(43)27-25-31-17-16-18-32(40(31)45-33-19-10-9-11-20-33)26-28-39-42(5,6)35-22-13-15-24-37(35)44(39)30-8-2/h9-15,19-28H,7-8,16-18,29-30H2,1-6H3/q+1. The highest BCUT2D eigenvalue weighted by molar-refractivity contribution is 8.03. The van der Waals surface area contributed by atoms with Crippen LogP contribution in [0.1, 0.15) is 84.8 Å². The minimum absolute atomic E-state index is 0.0287. The Kier molecular flexibility index (Phi) is 9.11. The molecule has 0 bridgehead atoms. The van der Waals surface area contributed by atoms with Crippen LogP contribution in [0.3, 0.4) is 0 Å². The van der Waals surface area contributed by atoms with Gasteiger partial charge in [-0.15, -0.1) is 0 Å². The summed E-state index contributed by atoms with van der Waals surface area (Å²) < 4.78 is 2.56. The van der Waals surface area contributed by atoms with Crippen molar-refractivity contribution in [3.63, 3.8) is 0 Å². The van der Waals surface area contributed by atoms with Crippen LogP contribution in [0.2, 0.25) is 0 Å². The minimum Gasteiger partial charge on any atom is -0.344 e. The number of benzene rings is 3. The predicted octanol–water partition coefficient (Wildman–Crippen LogP) is 11.3. The lowest BCUT2D eigenvalue weighted by Crippen LogP contribution is -2.28. The van der Waals surface area contributed by atoms with Crippen LogP contribution in [0.15, 0.2) is 130 Å². The van der Waals surface area contributed by atoms with Crippen molar-refractivity contribution in [2.24, 2.45) is 0 Å². The van der Waals surface area contributed by atoms with E-state index in [0.717, 1.165) is 38.8 Å². The van der Waals surface area contributed by atoms with Crippen LogP contribution in [-0.4, -0.2) is 23.4 Å². The van der Waals surface area contributed by atoms with Gasteiger partial charge in [-0.25, -0.2) is 0 Å². The molecule has 2 heterocycles. The van der Waals surface area contributed by atoms with E-state index >= 15 is 0 Å². The summed E-state index contributed by atoms with van der Waals surface area (Å²) in [6.45, 7) is 16.2. The second-order valence-corrected chi connectivity index (χ2v) is 14.8. The summed E-state index contributed by atoms with van der Waals surface area (Å²) >= 11 is 1.94. The van der Waals surface area contributed by atoms with Crippen LogP contribution in [0, 0.1) is 0 Å². The summed E-state index contributed by atoms with van der Waals surface area (Å²) in [6.07, 6.45) is 15.4. The summed E-state index contributed by atoms with van der Waals surface area (Å²) in [5, 5.41) is 0. The number of para-hydroxylation sites is 2. The van der Waals surface area contributed by atoms with Gasteiger partial charge in [-0.3, -0.25) is 0 Å². The van der Waals surface area contributed by atoms with E-state index < -0.39 is 0 Å². The smallest absolute Gasteiger partial charge is 0.209 e. The number of anilines is 1. The first-order valence-electron chi connectivity index (χ1n) is 16.9. The Hall–Kier alpha value is -3.56. The van der Waals surface area contributed by atoms with E-state index in [4.69, 9.17) is 0 Å². The summed E-state index contributed by atoms with van der Waals surface area (Å²) in [5.74, 6) is 0. The lowest BCUT2D eigenvalue weighted by atomic mass is 9.81. The molecule has 0 radical (unpaired) electrons. The van der Waals surface area contributed by atoms with Crippen molar-refractivity contribution in [3.8, 4) is 0 Å². The van der Waals surface area contributed by atoms with Crippen molar-refractivity contribution in [2.75, 3.05) is 18.0 Å². The average Bonchev–Trinajstić information content (AvgIpc) is 3.39. The van der Waals surface area contributed by atoms with E-state index in [9.17, 15) is 0 Å². The zero-order valence-corrected chi connectivity index (χ0v) is 28.9. The largest absolute Gasteiger partial charge is 0.344 e. The number of thioether (sulfide) groups is 1. The molecule has 2 nitrogen and oxygen atoms in total. The number of hydrogen-bond donors (Lipinski definition) is 0. The topological polar surface area (TPSA) is 6.25 Å². The maximum absolute atomic E-state index is 2.56. The normalized spacial score (nSPS) is 20.5. The molecule has 45 heavy (non-hydrogen) atoms. The molecule has 1 aliphatic carbocycles. The van der Waals surface area contributed by atoms with Crippen molar-refractivity contribution in [2.45, 2.75) is 89.4 Å². The SMILES string of the molecule is CCCN1/C(=C\C=C2\CCCC(/C=C/C3=[N+](CCC)c4ccccc4C3(C)C)=C2Sc2ccccc2)C(C)(C)c2ccccc21. The van der Waals surface area contributed by atoms with E-state index in [2.05, 4.69) is 154 Å². The fourth-order valence-corrected chi connectivity index (χ4v) is 8.66. The molecule has 3 aromatic rings. The molecular weight excluding hydrogens is 565 g/mol. The van der Waals surface area contributed by atoms with Crippen molar-refractivity contribution in [1.29, 1.82) is 0 Å². The van der Waals surface area contributed by atoms with Gasteiger partial charge in [0.05, 0.1) is 5.41 Å². The maximum Gasteiger partial charge on any atom is 0.209 e. The summed E-state index contributed by atoms with van der Waals surface area (Å²) in [7, 11) is 0. The minimum atomic E-state index is -0.0287. The molecule has 2 aliphatic heterocycles. The lowest BCUT2D eigenvalue weighted by Gasteiger charge is -2.27. The molecule has 6 rings (SSSR count). The third kappa shape index (κ3) is 5.92. The molecule has 0 atom stereocenters. The van der Waals surface area contributed by atoms with Crippen molar-refractivity contribution in [3.05, 3.63) is 136 Å². The highest BCUT2D eigenvalue weighted by atomic mass is 32.2. The van der Waals surface area contributed by atoms with E-state index in [0.29, 0.717) is 0 Å². The van der Waals surface area contributed by atoms with Crippen LogP contribution < -0.4 is 4.90 Å². The highest BCUT2D eigenvalue weighted by Crippen LogP contribution is 2.48. The molecule has 0 spiro atoms. The average molecular weight is 614 g/mol. The Bertz CT molecular complexity index is 1710. The Balaban J connectivity index is 1.44. The number of nitrogens with zero attached hydrogens (tertiary/aromatic N) is 2. The molecule has 0 saturated carbocycles. The molecule has 0 fully saturated rings. The predicted molar refractivity (Wildman–Crippen MR) is 195 cm³/mol.